The van der Waals surface area contributed by atoms with Crippen LogP contribution >= 0.6 is 0 Å². The predicted molar refractivity (Wildman–Crippen MR) is 130 cm³/mol. The first kappa shape index (κ1) is 22.3. The Balaban J connectivity index is 1.77. The molecule has 1 unspecified atom stereocenters. The Bertz CT molecular complexity index is 1060. The number of fused-ring (bicyclic) bond motifs is 1. The number of hydrogen-bond acceptors (Lipinski definition) is 5. The maximum atomic E-state index is 5.82. The van der Waals surface area contributed by atoms with Gasteiger partial charge >= 0.3 is 0 Å². The van der Waals surface area contributed by atoms with Crippen LogP contribution in [-0.2, 0) is 25.7 Å². The molecule has 0 spiro atoms. The molecule has 3 aromatic rings. The third-order valence-corrected chi connectivity index (χ3v) is 6.44. The molecular formula is C27H34N4O. The van der Waals surface area contributed by atoms with Crippen LogP contribution in [0.25, 0.3) is 11.3 Å². The van der Waals surface area contributed by atoms with Crippen molar-refractivity contribution < 1.29 is 4.74 Å². The maximum Gasteiger partial charge on any atom is 0.148 e. The van der Waals surface area contributed by atoms with Gasteiger partial charge in [0, 0.05) is 18.0 Å². The van der Waals surface area contributed by atoms with Crippen LogP contribution in [0, 0.1) is 0 Å². The fourth-order valence-electron chi connectivity index (χ4n) is 4.61. The fraction of sp³-hybridized carbons (Fsp3) is 0.444. The molecule has 1 aromatic carbocycles. The van der Waals surface area contributed by atoms with Crippen molar-refractivity contribution in [3.63, 3.8) is 0 Å². The van der Waals surface area contributed by atoms with Crippen LogP contribution in [0.2, 0.25) is 0 Å². The van der Waals surface area contributed by atoms with E-state index in [-0.39, 0.29) is 6.04 Å². The number of pyridine rings is 1. The van der Waals surface area contributed by atoms with E-state index in [0.29, 0.717) is 0 Å². The zero-order valence-electron chi connectivity index (χ0n) is 19.7. The molecule has 5 heteroatoms. The van der Waals surface area contributed by atoms with Crippen LogP contribution in [0.3, 0.4) is 0 Å². The topological polar surface area (TPSA) is 59.9 Å². The van der Waals surface area contributed by atoms with E-state index >= 15 is 0 Å². The van der Waals surface area contributed by atoms with Gasteiger partial charge in [-0.3, -0.25) is 4.98 Å². The third kappa shape index (κ3) is 4.47. The lowest BCUT2D eigenvalue weighted by Crippen LogP contribution is -2.15. The van der Waals surface area contributed by atoms with Gasteiger partial charge in [0.25, 0.3) is 0 Å². The van der Waals surface area contributed by atoms with Crippen molar-refractivity contribution in [1.29, 1.82) is 0 Å². The van der Waals surface area contributed by atoms with Gasteiger partial charge in [-0.1, -0.05) is 26.8 Å². The van der Waals surface area contributed by atoms with E-state index in [1.807, 2.05) is 18.5 Å². The Morgan fingerprint density at radius 3 is 2.38 bits per heavy atom. The highest BCUT2D eigenvalue weighted by molar-refractivity contribution is 5.72. The first-order chi connectivity index (χ1) is 15.7. The Hall–Kier alpha value is -2.95. The second-order valence-corrected chi connectivity index (χ2v) is 8.44. The molecule has 2 heterocycles. The van der Waals surface area contributed by atoms with Crippen molar-refractivity contribution >= 4 is 5.82 Å². The Morgan fingerprint density at radius 2 is 1.75 bits per heavy atom. The Kier molecular flexibility index (Phi) is 7.03. The normalized spacial score (nSPS) is 14.0. The minimum atomic E-state index is 0.150. The van der Waals surface area contributed by atoms with Crippen molar-refractivity contribution in [3.05, 3.63) is 64.7 Å². The predicted octanol–water partition coefficient (Wildman–Crippen LogP) is 6.11. The van der Waals surface area contributed by atoms with Crippen LogP contribution in [0.15, 0.2) is 36.7 Å². The number of anilines is 1. The first-order valence-corrected chi connectivity index (χ1v) is 11.9. The monoisotopic (exact) mass is 430 g/mol. The molecule has 1 N–H and O–H groups in total. The van der Waals surface area contributed by atoms with Gasteiger partial charge < -0.3 is 10.1 Å². The number of nitrogens with one attached hydrogen (secondary N) is 1. The molecule has 4 rings (SSSR count). The molecule has 0 fully saturated rings. The van der Waals surface area contributed by atoms with Gasteiger partial charge in [-0.2, -0.15) is 0 Å². The van der Waals surface area contributed by atoms with Gasteiger partial charge in [-0.05, 0) is 79.8 Å². The average Bonchev–Trinajstić information content (AvgIpc) is 2.86. The third-order valence-electron chi connectivity index (χ3n) is 6.44. The van der Waals surface area contributed by atoms with Crippen LogP contribution in [-0.4, -0.2) is 22.1 Å². The number of aromatic nitrogens is 3. The molecule has 0 amide bonds. The number of nitrogens with zero attached hydrogens (tertiary/aromatic N) is 3. The molecule has 0 saturated heterocycles. The van der Waals surface area contributed by atoms with Gasteiger partial charge in [0.05, 0.1) is 30.2 Å². The van der Waals surface area contributed by atoms with E-state index in [9.17, 15) is 0 Å². The maximum absolute atomic E-state index is 5.82. The molecular weight excluding hydrogens is 396 g/mol. The average molecular weight is 431 g/mol. The molecule has 2 aromatic heterocycles. The fourth-order valence-corrected chi connectivity index (χ4v) is 4.61. The number of methoxy groups -OCH3 is 1. The molecule has 0 aliphatic heterocycles. The molecule has 0 saturated carbocycles. The summed E-state index contributed by atoms with van der Waals surface area (Å²) in [6, 6.07) is 8.76. The van der Waals surface area contributed by atoms with Crippen LogP contribution in [0.1, 0.15) is 74.2 Å². The van der Waals surface area contributed by atoms with Crippen molar-refractivity contribution in [1.82, 2.24) is 15.0 Å². The molecule has 168 valence electrons. The summed E-state index contributed by atoms with van der Waals surface area (Å²) in [7, 11) is 1.75. The summed E-state index contributed by atoms with van der Waals surface area (Å²) in [6.45, 7) is 6.46. The number of rotatable bonds is 8. The van der Waals surface area contributed by atoms with E-state index in [2.05, 4.69) is 49.3 Å². The van der Waals surface area contributed by atoms with Crippen LogP contribution in [0.5, 0.6) is 5.75 Å². The highest BCUT2D eigenvalue weighted by Crippen LogP contribution is 2.37. The van der Waals surface area contributed by atoms with Crippen LogP contribution < -0.4 is 10.1 Å². The minimum absolute atomic E-state index is 0.150. The second-order valence-electron chi connectivity index (χ2n) is 8.44. The van der Waals surface area contributed by atoms with Crippen molar-refractivity contribution in [2.24, 2.45) is 0 Å². The minimum Gasteiger partial charge on any atom is -0.496 e. The van der Waals surface area contributed by atoms with E-state index in [1.165, 1.54) is 24.0 Å². The van der Waals surface area contributed by atoms with E-state index < -0.39 is 0 Å². The van der Waals surface area contributed by atoms with E-state index in [1.54, 1.807) is 7.11 Å². The van der Waals surface area contributed by atoms with Crippen LogP contribution in [0.4, 0.5) is 5.82 Å². The highest BCUT2D eigenvalue weighted by atomic mass is 16.5. The number of aryl methyl sites for hydroxylation is 4. The lowest BCUT2D eigenvalue weighted by atomic mass is 9.89. The lowest BCUT2D eigenvalue weighted by Gasteiger charge is -2.22. The zero-order chi connectivity index (χ0) is 22.5. The number of benzene rings is 1. The summed E-state index contributed by atoms with van der Waals surface area (Å²) < 4.78 is 5.82. The summed E-state index contributed by atoms with van der Waals surface area (Å²) >= 11 is 0. The molecule has 0 bridgehead atoms. The smallest absolute Gasteiger partial charge is 0.148 e. The number of ether oxygens (including phenoxy) is 1. The van der Waals surface area contributed by atoms with Gasteiger partial charge in [-0.15, -0.1) is 0 Å². The molecule has 32 heavy (non-hydrogen) atoms. The van der Waals surface area contributed by atoms with E-state index in [0.717, 1.165) is 71.9 Å². The summed E-state index contributed by atoms with van der Waals surface area (Å²) in [6.07, 6.45) is 11.1. The Morgan fingerprint density at radius 1 is 1.00 bits per heavy atom. The zero-order valence-corrected chi connectivity index (χ0v) is 19.7. The molecule has 0 radical (unpaired) electrons. The second kappa shape index (κ2) is 10.1. The van der Waals surface area contributed by atoms with Crippen molar-refractivity contribution in [3.8, 4) is 17.0 Å². The summed E-state index contributed by atoms with van der Waals surface area (Å²) in [5.74, 6) is 1.78. The SMILES string of the molecule is CCc1nc(-c2cc3c(cc2OC)CCCC3)c(CC)nc1NC(CC)c1cccnc1. The summed E-state index contributed by atoms with van der Waals surface area (Å²) in [4.78, 5) is 14.5. The van der Waals surface area contributed by atoms with Gasteiger partial charge in [0.1, 0.15) is 11.6 Å². The van der Waals surface area contributed by atoms with Crippen molar-refractivity contribution in [2.75, 3.05) is 12.4 Å². The molecule has 5 nitrogen and oxygen atoms in total. The quantitative estimate of drug-likeness (QED) is 0.467. The highest BCUT2D eigenvalue weighted by Gasteiger charge is 2.21. The standard InChI is InChI=1S/C27H34N4O/c1-5-22(20-13-10-14-28-17-20)30-27-24(7-3)29-26(23(6-2)31-27)21-15-18-11-8-9-12-19(18)16-25(21)32-4/h10,13-17,22H,5-9,11-12H2,1-4H3,(H,30,31). The number of hydrogen-bond donors (Lipinski definition) is 1. The van der Waals surface area contributed by atoms with Crippen molar-refractivity contribution in [2.45, 2.75) is 71.8 Å². The van der Waals surface area contributed by atoms with Gasteiger partial charge in [0.15, 0.2) is 0 Å². The van der Waals surface area contributed by atoms with E-state index in [4.69, 9.17) is 14.7 Å². The summed E-state index contributed by atoms with van der Waals surface area (Å²) in [5, 5.41) is 3.65. The van der Waals surface area contributed by atoms with Gasteiger partial charge in [0.2, 0.25) is 0 Å². The largest absolute Gasteiger partial charge is 0.496 e. The molecule has 1 aliphatic rings. The first-order valence-electron chi connectivity index (χ1n) is 11.9. The Labute approximate surface area is 191 Å². The van der Waals surface area contributed by atoms with Gasteiger partial charge in [-0.25, -0.2) is 9.97 Å². The molecule has 1 aliphatic carbocycles. The lowest BCUT2D eigenvalue weighted by molar-refractivity contribution is 0.415. The summed E-state index contributed by atoms with van der Waals surface area (Å²) in [5.41, 5.74) is 8.02. The molecule has 1 atom stereocenters.